The van der Waals surface area contributed by atoms with Crippen molar-refractivity contribution >= 4 is 22.3 Å². The normalized spacial score (nSPS) is 9.89. The number of fused-ring (bicyclic) bond motifs is 1. The van der Waals surface area contributed by atoms with Crippen molar-refractivity contribution in [2.75, 3.05) is 12.5 Å². The van der Waals surface area contributed by atoms with Crippen molar-refractivity contribution in [2.45, 2.75) is 12.8 Å². The minimum atomic E-state index is -0.215. The van der Waals surface area contributed by atoms with E-state index in [-0.39, 0.29) is 5.71 Å². The number of nitrogens with one attached hydrogen (secondary N) is 1. The molecular weight excluding hydrogens is 338 g/mol. The van der Waals surface area contributed by atoms with Crippen LogP contribution in [0, 0.1) is 22.7 Å². The highest BCUT2D eigenvalue weighted by Crippen LogP contribution is 2.24. The van der Waals surface area contributed by atoms with Crippen LogP contribution in [0.25, 0.3) is 10.9 Å². The molecule has 0 aliphatic heterocycles. The van der Waals surface area contributed by atoms with E-state index in [1.165, 1.54) is 0 Å². The molecule has 0 radical (unpaired) electrons. The number of aryl methyl sites for hydroxylation is 2. The smallest absolute Gasteiger partial charge is 0.237 e. The largest absolute Gasteiger partial charge is 0.494 e. The van der Waals surface area contributed by atoms with Crippen LogP contribution in [0.4, 0.5) is 5.69 Å². The molecule has 6 nitrogen and oxygen atoms in total. The van der Waals surface area contributed by atoms with E-state index in [1.807, 2.05) is 54.6 Å². The van der Waals surface area contributed by atoms with Gasteiger partial charge in [-0.25, -0.2) is 4.98 Å². The number of ether oxygens (including phenoxy) is 1. The highest BCUT2D eigenvalue weighted by atomic mass is 16.5. The van der Waals surface area contributed by atoms with E-state index in [0.29, 0.717) is 0 Å². The van der Waals surface area contributed by atoms with Gasteiger partial charge in [-0.15, -0.1) is 0 Å². The van der Waals surface area contributed by atoms with Gasteiger partial charge >= 0.3 is 0 Å². The van der Waals surface area contributed by atoms with Crippen molar-refractivity contribution in [2.24, 2.45) is 5.10 Å². The van der Waals surface area contributed by atoms with E-state index in [0.717, 1.165) is 46.4 Å². The number of nitrogens with zero attached hydrogens (tertiary/aromatic N) is 4. The zero-order valence-electron chi connectivity index (χ0n) is 14.8. The lowest BCUT2D eigenvalue weighted by Crippen LogP contribution is -2.01. The van der Waals surface area contributed by atoms with Gasteiger partial charge in [0.2, 0.25) is 5.71 Å². The van der Waals surface area contributed by atoms with E-state index in [1.54, 1.807) is 19.2 Å². The molecule has 27 heavy (non-hydrogen) atoms. The summed E-state index contributed by atoms with van der Waals surface area (Å²) < 4.78 is 5.40. The van der Waals surface area contributed by atoms with Gasteiger partial charge in [-0.3, -0.25) is 5.43 Å². The molecule has 0 saturated heterocycles. The molecule has 2 aromatic carbocycles. The number of hydrazone groups is 1. The van der Waals surface area contributed by atoms with E-state index < -0.39 is 0 Å². The molecule has 0 bridgehead atoms. The molecule has 6 heteroatoms. The maximum Gasteiger partial charge on any atom is 0.237 e. The summed E-state index contributed by atoms with van der Waals surface area (Å²) in [6.07, 6.45) is 1.47. The third-order valence-electron chi connectivity index (χ3n) is 4.13. The van der Waals surface area contributed by atoms with Crippen LogP contribution in [0.2, 0.25) is 0 Å². The molecule has 1 aromatic heterocycles. The van der Waals surface area contributed by atoms with Crippen LogP contribution in [0.1, 0.15) is 11.3 Å². The van der Waals surface area contributed by atoms with E-state index >= 15 is 0 Å². The Balaban J connectivity index is 1.80. The number of para-hydroxylation sites is 2. The predicted octanol–water partition coefficient (Wildman–Crippen LogP) is 3.84. The zero-order valence-corrected chi connectivity index (χ0v) is 14.8. The van der Waals surface area contributed by atoms with Crippen LogP contribution in [0.5, 0.6) is 5.75 Å². The SMILES string of the molecule is COc1cccc2ccc(CCc3ccccc3NN=C(C#N)C#N)nc12. The summed E-state index contributed by atoms with van der Waals surface area (Å²) >= 11 is 0. The van der Waals surface area contributed by atoms with E-state index in [4.69, 9.17) is 20.2 Å². The fourth-order valence-corrected chi connectivity index (χ4v) is 2.77. The summed E-state index contributed by atoms with van der Waals surface area (Å²) in [6, 6.07) is 21.0. The fraction of sp³-hybridized carbons (Fsp3) is 0.143. The Morgan fingerprint density at radius 2 is 1.85 bits per heavy atom. The van der Waals surface area contributed by atoms with Crippen LogP contribution >= 0.6 is 0 Å². The summed E-state index contributed by atoms with van der Waals surface area (Å²) in [4.78, 5) is 4.73. The van der Waals surface area contributed by atoms with Crippen molar-refractivity contribution in [3.8, 4) is 17.9 Å². The van der Waals surface area contributed by atoms with Crippen LogP contribution in [0.3, 0.4) is 0 Å². The highest BCUT2D eigenvalue weighted by molar-refractivity contribution is 6.10. The number of methoxy groups -OCH3 is 1. The Morgan fingerprint density at radius 3 is 2.63 bits per heavy atom. The number of hydrogen-bond donors (Lipinski definition) is 1. The molecule has 0 spiro atoms. The molecule has 0 saturated carbocycles. The quantitative estimate of drug-likeness (QED) is 0.535. The van der Waals surface area contributed by atoms with E-state index in [2.05, 4.69) is 10.5 Å². The second-order valence-electron chi connectivity index (χ2n) is 5.79. The molecule has 0 unspecified atom stereocenters. The lowest BCUT2D eigenvalue weighted by Gasteiger charge is -2.10. The Hall–Kier alpha value is -3.90. The number of anilines is 1. The van der Waals surface area contributed by atoms with Crippen LogP contribution in [-0.2, 0) is 12.8 Å². The summed E-state index contributed by atoms with van der Waals surface area (Å²) in [5.74, 6) is 0.756. The van der Waals surface area contributed by atoms with Gasteiger partial charge in [0, 0.05) is 11.1 Å². The number of benzene rings is 2. The zero-order chi connectivity index (χ0) is 19.1. The van der Waals surface area contributed by atoms with Crippen molar-refractivity contribution in [1.29, 1.82) is 10.5 Å². The van der Waals surface area contributed by atoms with Gasteiger partial charge < -0.3 is 4.74 Å². The first kappa shape index (κ1) is 17.9. The summed E-state index contributed by atoms with van der Waals surface area (Å²) in [5.41, 5.74) is 6.18. The summed E-state index contributed by atoms with van der Waals surface area (Å²) in [5, 5.41) is 22.4. The van der Waals surface area contributed by atoms with Crippen molar-refractivity contribution < 1.29 is 4.74 Å². The minimum absolute atomic E-state index is 0.215. The van der Waals surface area contributed by atoms with Crippen molar-refractivity contribution in [3.05, 3.63) is 65.9 Å². The number of rotatable bonds is 6. The Bertz CT molecular complexity index is 1060. The first-order valence-corrected chi connectivity index (χ1v) is 8.39. The van der Waals surface area contributed by atoms with Gasteiger partial charge in [0.25, 0.3) is 0 Å². The third kappa shape index (κ3) is 4.20. The number of aromatic nitrogens is 1. The molecule has 0 amide bonds. The molecule has 1 N–H and O–H groups in total. The minimum Gasteiger partial charge on any atom is -0.494 e. The number of hydrogen-bond acceptors (Lipinski definition) is 6. The van der Waals surface area contributed by atoms with Gasteiger partial charge in [0.05, 0.1) is 12.8 Å². The first-order valence-electron chi connectivity index (χ1n) is 8.39. The van der Waals surface area contributed by atoms with Crippen LogP contribution < -0.4 is 10.2 Å². The molecule has 0 aliphatic rings. The lowest BCUT2D eigenvalue weighted by atomic mass is 10.1. The molecular formula is C21H17N5O. The van der Waals surface area contributed by atoms with Gasteiger partial charge in [0.1, 0.15) is 23.4 Å². The molecule has 0 atom stereocenters. The first-order chi connectivity index (χ1) is 13.2. The second kappa shape index (κ2) is 8.46. The van der Waals surface area contributed by atoms with Gasteiger partial charge in [-0.2, -0.15) is 15.6 Å². The topological polar surface area (TPSA) is 94.1 Å². The second-order valence-corrected chi connectivity index (χ2v) is 5.79. The molecule has 3 rings (SSSR count). The maximum atomic E-state index is 8.79. The molecule has 1 heterocycles. The molecule has 3 aromatic rings. The Morgan fingerprint density at radius 1 is 1.04 bits per heavy atom. The Labute approximate surface area is 157 Å². The van der Waals surface area contributed by atoms with Gasteiger partial charge in [0.15, 0.2) is 0 Å². The summed E-state index contributed by atoms with van der Waals surface area (Å²) in [7, 11) is 1.64. The third-order valence-corrected chi connectivity index (χ3v) is 4.13. The summed E-state index contributed by atoms with van der Waals surface area (Å²) in [6.45, 7) is 0. The predicted molar refractivity (Wildman–Crippen MR) is 104 cm³/mol. The molecule has 0 aliphatic carbocycles. The highest BCUT2D eigenvalue weighted by Gasteiger charge is 2.07. The maximum absolute atomic E-state index is 8.79. The monoisotopic (exact) mass is 355 g/mol. The Kier molecular flexibility index (Phi) is 5.61. The van der Waals surface area contributed by atoms with Crippen LogP contribution in [0.15, 0.2) is 59.7 Å². The lowest BCUT2D eigenvalue weighted by molar-refractivity contribution is 0.419. The van der Waals surface area contributed by atoms with Gasteiger partial charge in [-0.05, 0) is 36.6 Å². The van der Waals surface area contributed by atoms with Crippen molar-refractivity contribution in [3.63, 3.8) is 0 Å². The fourth-order valence-electron chi connectivity index (χ4n) is 2.77. The standard InChI is InChI=1S/C21H17N5O/c1-27-20-8-4-6-16-10-12-17(24-21(16)20)11-9-15-5-2-3-7-19(15)26-25-18(13-22)14-23/h2-8,10,12,26H,9,11H2,1H3. The average Bonchev–Trinajstić information content (AvgIpc) is 2.73. The van der Waals surface area contributed by atoms with Crippen molar-refractivity contribution in [1.82, 2.24) is 4.98 Å². The average molecular weight is 355 g/mol. The van der Waals surface area contributed by atoms with Gasteiger partial charge in [-0.1, -0.05) is 36.4 Å². The van der Waals surface area contributed by atoms with E-state index in [9.17, 15) is 0 Å². The molecule has 132 valence electrons. The number of nitriles is 2. The number of pyridine rings is 1. The van der Waals surface area contributed by atoms with Crippen LogP contribution in [-0.4, -0.2) is 17.8 Å². The molecule has 0 fully saturated rings.